The second kappa shape index (κ2) is 10.3. The lowest BCUT2D eigenvalue weighted by Gasteiger charge is -2.32. The third-order valence-electron chi connectivity index (χ3n) is 4.85. The van der Waals surface area contributed by atoms with Crippen molar-refractivity contribution < 1.29 is 22.7 Å². The Hall–Kier alpha value is -2.13. The van der Waals surface area contributed by atoms with Gasteiger partial charge in [0, 0.05) is 25.6 Å². The van der Waals surface area contributed by atoms with Crippen molar-refractivity contribution in [2.75, 3.05) is 18.8 Å². The van der Waals surface area contributed by atoms with Gasteiger partial charge in [-0.2, -0.15) is 0 Å². The number of benzene rings is 1. The average molecular weight is 440 g/mol. The van der Waals surface area contributed by atoms with Crippen molar-refractivity contribution >= 4 is 22.0 Å². The zero-order chi connectivity index (χ0) is 22.4. The molecule has 2 amide bonds. The number of hydrogen-bond acceptors (Lipinski definition) is 5. The summed E-state index contributed by atoms with van der Waals surface area (Å²) in [5.74, 6) is -0.232. The molecule has 0 unspecified atom stereocenters. The van der Waals surface area contributed by atoms with Crippen molar-refractivity contribution in [3.63, 3.8) is 0 Å². The summed E-state index contributed by atoms with van der Waals surface area (Å²) in [6.45, 7) is 7.67. The molecule has 0 bridgehead atoms. The number of nitrogens with one attached hydrogen (secondary N) is 2. The Morgan fingerprint density at radius 1 is 1.17 bits per heavy atom. The van der Waals surface area contributed by atoms with Crippen LogP contribution in [0.2, 0.25) is 0 Å². The number of rotatable bonds is 7. The van der Waals surface area contributed by atoms with Crippen molar-refractivity contribution in [3.05, 3.63) is 35.9 Å². The van der Waals surface area contributed by atoms with E-state index in [0.29, 0.717) is 32.4 Å². The molecule has 0 aliphatic carbocycles. The van der Waals surface area contributed by atoms with Gasteiger partial charge in [-0.15, -0.1) is 0 Å². The lowest BCUT2D eigenvalue weighted by Crippen LogP contribution is -2.54. The van der Waals surface area contributed by atoms with E-state index in [2.05, 4.69) is 10.6 Å². The Morgan fingerprint density at radius 2 is 1.77 bits per heavy atom. The molecule has 2 N–H and O–H groups in total. The molecule has 0 spiro atoms. The molecule has 0 radical (unpaired) electrons. The van der Waals surface area contributed by atoms with Crippen LogP contribution in [0.1, 0.15) is 46.1 Å². The number of carbonyl (C=O) groups excluding carboxylic acids is 2. The Morgan fingerprint density at radius 3 is 2.30 bits per heavy atom. The van der Waals surface area contributed by atoms with E-state index in [-0.39, 0.29) is 17.7 Å². The monoisotopic (exact) mass is 439 g/mol. The smallest absolute Gasteiger partial charge is 0.408 e. The van der Waals surface area contributed by atoms with Gasteiger partial charge in [-0.05, 0) is 46.1 Å². The van der Waals surface area contributed by atoms with Crippen LogP contribution in [0.5, 0.6) is 0 Å². The lowest BCUT2D eigenvalue weighted by atomic mass is 10.0. The molecule has 168 valence electrons. The molecule has 1 aliphatic heterocycles. The Bertz CT molecular complexity index is 813. The van der Waals surface area contributed by atoms with Gasteiger partial charge >= 0.3 is 6.09 Å². The minimum Gasteiger partial charge on any atom is -0.444 e. The molecule has 1 fully saturated rings. The molecule has 1 aliphatic rings. The second-order valence-corrected chi connectivity index (χ2v) is 10.7. The fourth-order valence-corrected chi connectivity index (χ4v) is 4.40. The van der Waals surface area contributed by atoms with Gasteiger partial charge in [0.1, 0.15) is 11.6 Å². The minimum absolute atomic E-state index is 0.0724. The fourth-order valence-electron chi connectivity index (χ4n) is 3.27. The zero-order valence-electron chi connectivity index (χ0n) is 18.2. The van der Waals surface area contributed by atoms with Crippen LogP contribution in [-0.2, 0) is 26.0 Å². The summed E-state index contributed by atoms with van der Waals surface area (Å²) >= 11 is 0. The van der Waals surface area contributed by atoms with Gasteiger partial charge in [0.05, 0.1) is 5.75 Å². The SMILES string of the molecule is CCS(=O)(=O)N1CCC(NC(=O)[C@H](Cc2ccccc2)NC(=O)OC(C)(C)C)CC1. The van der Waals surface area contributed by atoms with Crippen LogP contribution in [0.15, 0.2) is 30.3 Å². The zero-order valence-corrected chi connectivity index (χ0v) is 19.0. The summed E-state index contributed by atoms with van der Waals surface area (Å²) in [6, 6.07) is 8.50. The number of piperidine rings is 1. The van der Waals surface area contributed by atoms with Crippen molar-refractivity contribution in [1.29, 1.82) is 0 Å². The first kappa shape index (κ1) is 24.1. The fraction of sp³-hybridized carbons (Fsp3) is 0.619. The Labute approximate surface area is 179 Å². The van der Waals surface area contributed by atoms with E-state index in [0.717, 1.165) is 5.56 Å². The van der Waals surface area contributed by atoms with Gasteiger partial charge in [-0.25, -0.2) is 17.5 Å². The first-order valence-corrected chi connectivity index (χ1v) is 11.9. The molecular formula is C21H33N3O5S. The van der Waals surface area contributed by atoms with E-state index < -0.39 is 27.8 Å². The van der Waals surface area contributed by atoms with Crippen molar-refractivity contribution in [1.82, 2.24) is 14.9 Å². The van der Waals surface area contributed by atoms with Gasteiger partial charge in [-0.1, -0.05) is 30.3 Å². The van der Waals surface area contributed by atoms with Crippen molar-refractivity contribution in [2.45, 2.75) is 64.6 Å². The first-order valence-electron chi connectivity index (χ1n) is 10.3. The number of nitrogens with zero attached hydrogens (tertiary/aromatic N) is 1. The largest absolute Gasteiger partial charge is 0.444 e. The van der Waals surface area contributed by atoms with E-state index in [1.807, 2.05) is 30.3 Å². The predicted octanol–water partition coefficient (Wildman–Crippen LogP) is 2.05. The third kappa shape index (κ3) is 7.60. The molecular weight excluding hydrogens is 406 g/mol. The minimum atomic E-state index is -3.22. The summed E-state index contributed by atoms with van der Waals surface area (Å²) in [5, 5.41) is 5.64. The van der Waals surface area contributed by atoms with E-state index in [1.54, 1.807) is 27.7 Å². The van der Waals surface area contributed by atoms with Crippen LogP contribution in [-0.4, -0.2) is 61.3 Å². The normalized spacial score (nSPS) is 17.2. The van der Waals surface area contributed by atoms with E-state index in [9.17, 15) is 18.0 Å². The standard InChI is InChI=1S/C21H33N3O5S/c1-5-30(27,28)24-13-11-17(12-14-24)22-19(25)18(15-16-9-7-6-8-10-16)23-20(26)29-21(2,3)4/h6-10,17-18H,5,11-15H2,1-4H3,(H,22,25)(H,23,26)/t18-/m0/s1. The number of amides is 2. The maximum Gasteiger partial charge on any atom is 0.408 e. The predicted molar refractivity (Wildman–Crippen MR) is 116 cm³/mol. The molecule has 9 heteroatoms. The highest BCUT2D eigenvalue weighted by Gasteiger charge is 2.30. The van der Waals surface area contributed by atoms with E-state index >= 15 is 0 Å². The van der Waals surface area contributed by atoms with Crippen LogP contribution >= 0.6 is 0 Å². The van der Waals surface area contributed by atoms with E-state index in [1.165, 1.54) is 4.31 Å². The van der Waals surface area contributed by atoms with Crippen LogP contribution in [0.25, 0.3) is 0 Å². The van der Waals surface area contributed by atoms with Crippen LogP contribution < -0.4 is 10.6 Å². The first-order chi connectivity index (χ1) is 14.0. The van der Waals surface area contributed by atoms with Crippen molar-refractivity contribution in [2.24, 2.45) is 0 Å². The maximum atomic E-state index is 12.9. The van der Waals surface area contributed by atoms with Crippen LogP contribution in [0.3, 0.4) is 0 Å². The number of sulfonamides is 1. The molecule has 8 nitrogen and oxygen atoms in total. The number of hydrogen-bond donors (Lipinski definition) is 2. The van der Waals surface area contributed by atoms with Gasteiger partial charge in [0.15, 0.2) is 0 Å². The molecule has 1 saturated heterocycles. The highest BCUT2D eigenvalue weighted by atomic mass is 32.2. The average Bonchev–Trinajstić information content (AvgIpc) is 2.67. The quantitative estimate of drug-likeness (QED) is 0.677. The molecule has 2 rings (SSSR count). The summed E-state index contributed by atoms with van der Waals surface area (Å²) in [4.78, 5) is 25.2. The molecule has 0 aromatic heterocycles. The van der Waals surface area contributed by atoms with Gasteiger partial charge < -0.3 is 15.4 Å². The summed E-state index contributed by atoms with van der Waals surface area (Å²) in [5.41, 5.74) is 0.243. The molecule has 1 aromatic carbocycles. The third-order valence-corrected chi connectivity index (χ3v) is 6.73. The van der Waals surface area contributed by atoms with Gasteiger partial charge in [-0.3, -0.25) is 4.79 Å². The summed E-state index contributed by atoms with van der Waals surface area (Å²) < 4.78 is 30.8. The summed E-state index contributed by atoms with van der Waals surface area (Å²) in [7, 11) is -3.22. The van der Waals surface area contributed by atoms with E-state index in [4.69, 9.17) is 4.74 Å². The van der Waals surface area contributed by atoms with Crippen molar-refractivity contribution in [3.8, 4) is 0 Å². The highest BCUT2D eigenvalue weighted by Crippen LogP contribution is 2.15. The molecule has 1 aromatic rings. The Kier molecular flexibility index (Phi) is 8.25. The van der Waals surface area contributed by atoms with Crippen LogP contribution in [0.4, 0.5) is 4.79 Å². The highest BCUT2D eigenvalue weighted by molar-refractivity contribution is 7.89. The molecule has 1 heterocycles. The Balaban J connectivity index is 2.01. The molecule has 1 atom stereocenters. The number of carbonyl (C=O) groups is 2. The second-order valence-electron chi connectivity index (χ2n) is 8.47. The summed E-state index contributed by atoms with van der Waals surface area (Å²) in [6.07, 6.45) is 0.752. The maximum absolute atomic E-state index is 12.9. The molecule has 0 saturated carbocycles. The lowest BCUT2D eigenvalue weighted by molar-refractivity contribution is -0.124. The molecule has 30 heavy (non-hydrogen) atoms. The van der Waals surface area contributed by atoms with Crippen LogP contribution in [0, 0.1) is 0 Å². The topological polar surface area (TPSA) is 105 Å². The van der Waals surface area contributed by atoms with Gasteiger partial charge in [0.25, 0.3) is 0 Å². The number of alkyl carbamates (subject to hydrolysis) is 1. The number of ether oxygens (including phenoxy) is 1. The van der Waals surface area contributed by atoms with Gasteiger partial charge in [0.2, 0.25) is 15.9 Å².